The first-order valence-corrected chi connectivity index (χ1v) is 7.93. The number of aryl methyl sites for hydroxylation is 2. The van der Waals surface area contributed by atoms with Crippen LogP contribution in [-0.2, 0) is 0 Å². The van der Waals surface area contributed by atoms with Gasteiger partial charge in [0.2, 0.25) is 5.95 Å². The molecule has 2 aromatic rings. The molecule has 0 saturated heterocycles. The van der Waals surface area contributed by atoms with E-state index in [0.717, 1.165) is 30.6 Å². The van der Waals surface area contributed by atoms with Crippen LogP contribution in [0.15, 0.2) is 30.6 Å². The first-order valence-electron chi connectivity index (χ1n) is 7.93. The zero-order valence-corrected chi connectivity index (χ0v) is 14.3. The number of aromatic nitrogens is 2. The quantitative estimate of drug-likeness (QED) is 0.885. The maximum atomic E-state index is 12.3. The van der Waals surface area contributed by atoms with Crippen molar-refractivity contribution in [2.75, 3.05) is 23.8 Å². The van der Waals surface area contributed by atoms with Crippen molar-refractivity contribution in [3.8, 4) is 0 Å². The number of carbonyl (C=O) groups is 1. The number of benzene rings is 1. The second kappa shape index (κ2) is 7.72. The summed E-state index contributed by atoms with van der Waals surface area (Å²) >= 11 is 0. The number of unbranched alkanes of at least 4 members (excludes halogenated alkanes) is 1. The summed E-state index contributed by atoms with van der Waals surface area (Å²) in [6.07, 6.45) is 5.36. The highest BCUT2D eigenvalue weighted by Crippen LogP contribution is 2.15. The van der Waals surface area contributed by atoms with Gasteiger partial charge in [-0.15, -0.1) is 0 Å². The van der Waals surface area contributed by atoms with Crippen LogP contribution in [0, 0.1) is 13.8 Å². The number of nitrogens with one attached hydrogen (secondary N) is 1. The summed E-state index contributed by atoms with van der Waals surface area (Å²) in [5.41, 5.74) is 3.58. The van der Waals surface area contributed by atoms with Crippen LogP contribution in [0.2, 0.25) is 0 Å². The smallest absolute Gasteiger partial charge is 0.258 e. The lowest BCUT2D eigenvalue weighted by molar-refractivity contribution is 0.102. The molecule has 122 valence electrons. The maximum absolute atomic E-state index is 12.3. The molecule has 0 radical (unpaired) electrons. The van der Waals surface area contributed by atoms with Crippen LogP contribution in [0.1, 0.15) is 41.3 Å². The van der Waals surface area contributed by atoms with Gasteiger partial charge in [0.05, 0.1) is 5.56 Å². The predicted molar refractivity (Wildman–Crippen MR) is 94.1 cm³/mol. The highest BCUT2D eigenvalue weighted by molar-refractivity contribution is 6.03. The van der Waals surface area contributed by atoms with Gasteiger partial charge in [0, 0.05) is 31.7 Å². The summed E-state index contributed by atoms with van der Waals surface area (Å²) in [5.74, 6) is 0.442. The zero-order valence-electron chi connectivity index (χ0n) is 14.3. The molecule has 23 heavy (non-hydrogen) atoms. The minimum atomic E-state index is -0.198. The van der Waals surface area contributed by atoms with Crippen molar-refractivity contribution in [1.29, 1.82) is 0 Å². The van der Waals surface area contributed by atoms with Gasteiger partial charge < -0.3 is 10.2 Å². The van der Waals surface area contributed by atoms with Crippen molar-refractivity contribution in [1.82, 2.24) is 9.97 Å². The van der Waals surface area contributed by atoms with E-state index in [2.05, 4.69) is 22.2 Å². The second-order valence-electron chi connectivity index (χ2n) is 5.80. The van der Waals surface area contributed by atoms with E-state index in [1.165, 1.54) is 5.56 Å². The molecule has 1 heterocycles. The van der Waals surface area contributed by atoms with Crippen molar-refractivity contribution >= 4 is 17.5 Å². The number of rotatable bonds is 6. The number of hydrogen-bond acceptors (Lipinski definition) is 4. The monoisotopic (exact) mass is 312 g/mol. The van der Waals surface area contributed by atoms with Gasteiger partial charge in [-0.1, -0.05) is 19.4 Å². The number of amides is 1. The van der Waals surface area contributed by atoms with E-state index in [0.29, 0.717) is 11.5 Å². The van der Waals surface area contributed by atoms with Crippen molar-refractivity contribution in [2.24, 2.45) is 0 Å². The number of carbonyl (C=O) groups excluding carboxylic acids is 1. The van der Waals surface area contributed by atoms with Gasteiger partial charge in [-0.2, -0.15) is 0 Å². The molecule has 1 amide bonds. The van der Waals surface area contributed by atoms with Crippen LogP contribution in [0.25, 0.3) is 0 Å². The summed E-state index contributed by atoms with van der Waals surface area (Å²) in [7, 11) is 1.96. The largest absolute Gasteiger partial charge is 0.344 e. The standard InChI is InChI=1S/C18H24N4O/c1-5-6-9-22(4)18-19-11-15(12-20-18)17(23)21-16-8-7-13(2)14(3)10-16/h7-8,10-12H,5-6,9H2,1-4H3,(H,21,23). The fourth-order valence-electron chi connectivity index (χ4n) is 2.15. The van der Waals surface area contributed by atoms with Gasteiger partial charge in [0.1, 0.15) is 0 Å². The van der Waals surface area contributed by atoms with Gasteiger partial charge in [0.25, 0.3) is 5.91 Å². The first kappa shape index (κ1) is 16.9. The van der Waals surface area contributed by atoms with Crippen molar-refractivity contribution < 1.29 is 4.79 Å². The molecule has 0 aliphatic carbocycles. The fourth-order valence-corrected chi connectivity index (χ4v) is 2.15. The summed E-state index contributed by atoms with van der Waals surface area (Å²) in [6.45, 7) is 7.12. The van der Waals surface area contributed by atoms with Crippen LogP contribution in [0.5, 0.6) is 0 Å². The molecule has 1 aromatic carbocycles. The third kappa shape index (κ3) is 4.52. The van der Waals surface area contributed by atoms with Gasteiger partial charge in [-0.25, -0.2) is 9.97 Å². The van der Waals surface area contributed by atoms with E-state index in [-0.39, 0.29) is 5.91 Å². The summed E-state index contributed by atoms with van der Waals surface area (Å²) in [5, 5.41) is 2.88. The minimum absolute atomic E-state index is 0.198. The van der Waals surface area contributed by atoms with E-state index < -0.39 is 0 Å². The minimum Gasteiger partial charge on any atom is -0.344 e. The van der Waals surface area contributed by atoms with E-state index in [1.807, 2.05) is 44.0 Å². The number of hydrogen-bond donors (Lipinski definition) is 1. The highest BCUT2D eigenvalue weighted by Gasteiger charge is 2.10. The highest BCUT2D eigenvalue weighted by atomic mass is 16.1. The molecule has 0 bridgehead atoms. The van der Waals surface area contributed by atoms with Crippen molar-refractivity contribution in [2.45, 2.75) is 33.6 Å². The van der Waals surface area contributed by atoms with Crippen LogP contribution < -0.4 is 10.2 Å². The van der Waals surface area contributed by atoms with E-state index >= 15 is 0 Å². The third-order valence-corrected chi connectivity index (χ3v) is 3.85. The average molecular weight is 312 g/mol. The lowest BCUT2D eigenvalue weighted by atomic mass is 10.1. The average Bonchev–Trinajstić information content (AvgIpc) is 2.56. The van der Waals surface area contributed by atoms with Crippen LogP contribution >= 0.6 is 0 Å². The number of anilines is 2. The molecule has 0 atom stereocenters. The lowest BCUT2D eigenvalue weighted by Gasteiger charge is -2.16. The fraction of sp³-hybridized carbons (Fsp3) is 0.389. The molecule has 0 aliphatic rings. The van der Waals surface area contributed by atoms with Crippen molar-refractivity contribution in [3.63, 3.8) is 0 Å². The molecule has 0 saturated carbocycles. The van der Waals surface area contributed by atoms with Crippen molar-refractivity contribution in [3.05, 3.63) is 47.3 Å². The van der Waals surface area contributed by atoms with Gasteiger partial charge >= 0.3 is 0 Å². The Bertz CT molecular complexity index is 667. The molecule has 5 nitrogen and oxygen atoms in total. The molecule has 5 heteroatoms. The summed E-state index contributed by atoms with van der Waals surface area (Å²) in [6, 6.07) is 5.85. The Morgan fingerprint density at radius 2 is 1.87 bits per heavy atom. The predicted octanol–water partition coefficient (Wildman–Crippen LogP) is 3.58. The molecule has 2 rings (SSSR count). The van der Waals surface area contributed by atoms with E-state index in [9.17, 15) is 4.79 Å². The molecule has 0 spiro atoms. The van der Waals surface area contributed by atoms with E-state index in [4.69, 9.17) is 0 Å². The lowest BCUT2D eigenvalue weighted by Crippen LogP contribution is -2.21. The Kier molecular flexibility index (Phi) is 5.68. The molecule has 0 fully saturated rings. The molecule has 1 N–H and O–H groups in total. The number of nitrogens with zero attached hydrogens (tertiary/aromatic N) is 3. The van der Waals surface area contributed by atoms with Gasteiger partial charge in [-0.3, -0.25) is 4.79 Å². The van der Waals surface area contributed by atoms with Crippen LogP contribution in [0.3, 0.4) is 0 Å². The van der Waals surface area contributed by atoms with Gasteiger partial charge in [0.15, 0.2) is 0 Å². The molecular formula is C18H24N4O. The Labute approximate surface area is 137 Å². The maximum Gasteiger partial charge on any atom is 0.258 e. The van der Waals surface area contributed by atoms with E-state index in [1.54, 1.807) is 12.4 Å². The van der Waals surface area contributed by atoms with Crippen LogP contribution in [0.4, 0.5) is 11.6 Å². The topological polar surface area (TPSA) is 58.1 Å². The Morgan fingerprint density at radius 1 is 1.17 bits per heavy atom. The third-order valence-electron chi connectivity index (χ3n) is 3.85. The normalized spacial score (nSPS) is 10.4. The SMILES string of the molecule is CCCCN(C)c1ncc(C(=O)Nc2ccc(C)c(C)c2)cn1. The first-order chi connectivity index (χ1) is 11.0. The Balaban J connectivity index is 2.03. The summed E-state index contributed by atoms with van der Waals surface area (Å²) < 4.78 is 0. The van der Waals surface area contributed by atoms with Gasteiger partial charge in [-0.05, 0) is 43.5 Å². The molecule has 0 unspecified atom stereocenters. The van der Waals surface area contributed by atoms with Crippen LogP contribution in [-0.4, -0.2) is 29.5 Å². The molecule has 1 aromatic heterocycles. The molecular weight excluding hydrogens is 288 g/mol. The summed E-state index contributed by atoms with van der Waals surface area (Å²) in [4.78, 5) is 22.8. The second-order valence-corrected chi connectivity index (χ2v) is 5.80. The Morgan fingerprint density at radius 3 is 2.48 bits per heavy atom. The Hall–Kier alpha value is -2.43. The molecule has 0 aliphatic heterocycles. The zero-order chi connectivity index (χ0) is 16.8.